The van der Waals surface area contributed by atoms with Crippen molar-refractivity contribution in [3.63, 3.8) is 0 Å². The molecule has 1 aromatic carbocycles. The lowest BCUT2D eigenvalue weighted by atomic mass is 10.1. The van der Waals surface area contributed by atoms with E-state index >= 15 is 0 Å². The second-order valence-corrected chi connectivity index (χ2v) is 7.16. The normalized spacial score (nSPS) is 19.7. The summed E-state index contributed by atoms with van der Waals surface area (Å²) >= 11 is 0. The van der Waals surface area contributed by atoms with Crippen LogP contribution in [0.1, 0.15) is 62.9 Å². The van der Waals surface area contributed by atoms with E-state index in [0.29, 0.717) is 25.0 Å². The number of carbonyl (C=O) groups is 1. The van der Waals surface area contributed by atoms with Crippen molar-refractivity contribution in [3.8, 4) is 0 Å². The molecule has 1 fully saturated rings. The van der Waals surface area contributed by atoms with Gasteiger partial charge in [-0.1, -0.05) is 52.0 Å². The van der Waals surface area contributed by atoms with Gasteiger partial charge in [-0.3, -0.25) is 4.79 Å². The number of ether oxygens (including phenoxy) is 2. The molecule has 1 aliphatic carbocycles. The molecule has 0 aromatic heterocycles. The van der Waals surface area contributed by atoms with E-state index in [1.54, 1.807) is 6.92 Å². The van der Waals surface area contributed by atoms with Crippen LogP contribution in [0.15, 0.2) is 24.3 Å². The highest BCUT2D eigenvalue weighted by molar-refractivity contribution is 5.94. The van der Waals surface area contributed by atoms with Crippen molar-refractivity contribution in [2.24, 2.45) is 11.8 Å². The van der Waals surface area contributed by atoms with Gasteiger partial charge in [0.25, 0.3) is 0 Å². The number of Topliss-reactive ketones (excluding diaryl/α,β-unsaturated/α-hetero) is 1. The summed E-state index contributed by atoms with van der Waals surface area (Å²) in [5.41, 5.74) is 1.94. The number of rotatable bonds is 8. The maximum atomic E-state index is 11.4. The third-order valence-electron chi connectivity index (χ3n) is 3.90. The van der Waals surface area contributed by atoms with E-state index < -0.39 is 5.79 Å². The summed E-state index contributed by atoms with van der Waals surface area (Å²) in [6, 6.07) is 7.85. The minimum absolute atomic E-state index is 0.0979. The van der Waals surface area contributed by atoms with Gasteiger partial charge in [0.15, 0.2) is 11.6 Å². The quantitative estimate of drug-likeness (QED) is 0.527. The average Bonchev–Trinajstić information content (AvgIpc) is 3.18. The fourth-order valence-corrected chi connectivity index (χ4v) is 2.52. The smallest absolute Gasteiger partial charge is 0.176 e. The second-order valence-electron chi connectivity index (χ2n) is 7.16. The third-order valence-corrected chi connectivity index (χ3v) is 3.90. The molecule has 0 unspecified atom stereocenters. The average molecular weight is 304 g/mol. The predicted molar refractivity (Wildman–Crippen MR) is 88.1 cm³/mol. The first-order chi connectivity index (χ1) is 10.3. The SMILES string of the molecule is CC(=O)c1ccc([C@@H]2CC2(OCC(C)C)OCC(C)C)cc1. The van der Waals surface area contributed by atoms with E-state index in [0.717, 1.165) is 12.0 Å². The zero-order valence-corrected chi connectivity index (χ0v) is 14.4. The molecule has 0 heterocycles. The van der Waals surface area contributed by atoms with Gasteiger partial charge in [0.05, 0.1) is 13.2 Å². The lowest BCUT2D eigenvalue weighted by molar-refractivity contribution is -0.181. The molecular weight excluding hydrogens is 276 g/mol. The summed E-state index contributed by atoms with van der Waals surface area (Å²) in [7, 11) is 0. The molecule has 0 radical (unpaired) electrons. The Morgan fingerprint density at radius 1 is 1.09 bits per heavy atom. The van der Waals surface area contributed by atoms with Crippen LogP contribution in [0.3, 0.4) is 0 Å². The van der Waals surface area contributed by atoms with Gasteiger partial charge in [0.2, 0.25) is 0 Å². The standard InChI is InChI=1S/C19H28O3/c1-13(2)11-21-19(22-12-14(3)4)10-18(19)17-8-6-16(7-9-17)15(5)20/h6-9,13-14,18H,10-12H2,1-5H3/t18-/m0/s1. The van der Waals surface area contributed by atoms with Gasteiger partial charge in [0, 0.05) is 17.9 Å². The highest BCUT2D eigenvalue weighted by Crippen LogP contribution is 2.55. The molecule has 0 aliphatic heterocycles. The first-order valence-electron chi connectivity index (χ1n) is 8.23. The predicted octanol–water partition coefficient (Wildman–Crippen LogP) is 4.42. The van der Waals surface area contributed by atoms with Gasteiger partial charge in [-0.15, -0.1) is 0 Å². The van der Waals surface area contributed by atoms with Crippen LogP contribution < -0.4 is 0 Å². The summed E-state index contributed by atoms with van der Waals surface area (Å²) in [5.74, 6) is 0.875. The van der Waals surface area contributed by atoms with Crippen LogP contribution in [-0.4, -0.2) is 24.8 Å². The summed E-state index contributed by atoms with van der Waals surface area (Å²) in [6.45, 7) is 11.6. The molecule has 1 saturated carbocycles. The number of carbonyl (C=O) groups excluding carboxylic acids is 1. The summed E-state index contributed by atoms with van der Waals surface area (Å²) in [6.07, 6.45) is 0.895. The van der Waals surface area contributed by atoms with Crippen molar-refractivity contribution in [2.45, 2.75) is 52.7 Å². The Kier molecular flexibility index (Phi) is 5.41. The zero-order chi connectivity index (χ0) is 16.3. The van der Waals surface area contributed by atoms with Gasteiger partial charge in [-0.2, -0.15) is 0 Å². The largest absolute Gasteiger partial charge is 0.349 e. The van der Waals surface area contributed by atoms with E-state index in [1.807, 2.05) is 24.3 Å². The molecule has 22 heavy (non-hydrogen) atoms. The first-order valence-corrected chi connectivity index (χ1v) is 8.23. The van der Waals surface area contributed by atoms with Crippen LogP contribution in [0.2, 0.25) is 0 Å². The van der Waals surface area contributed by atoms with Crippen molar-refractivity contribution >= 4 is 5.78 Å². The third kappa shape index (κ3) is 4.17. The molecule has 0 bridgehead atoms. The van der Waals surface area contributed by atoms with Crippen LogP contribution in [0.25, 0.3) is 0 Å². The van der Waals surface area contributed by atoms with Crippen LogP contribution in [-0.2, 0) is 9.47 Å². The molecule has 3 heteroatoms. The fraction of sp³-hybridized carbons (Fsp3) is 0.632. The summed E-state index contributed by atoms with van der Waals surface area (Å²) in [5, 5.41) is 0. The molecule has 0 spiro atoms. The molecule has 0 saturated heterocycles. The monoisotopic (exact) mass is 304 g/mol. The van der Waals surface area contributed by atoms with Crippen LogP contribution in [0.5, 0.6) is 0 Å². The second kappa shape index (κ2) is 6.93. The summed E-state index contributed by atoms with van der Waals surface area (Å²) < 4.78 is 12.2. The van der Waals surface area contributed by atoms with Gasteiger partial charge in [-0.05, 0) is 24.3 Å². The highest BCUT2D eigenvalue weighted by Gasteiger charge is 2.58. The van der Waals surface area contributed by atoms with E-state index in [1.165, 1.54) is 5.56 Å². The van der Waals surface area contributed by atoms with Crippen molar-refractivity contribution in [2.75, 3.05) is 13.2 Å². The minimum Gasteiger partial charge on any atom is -0.349 e. The number of benzene rings is 1. The lowest BCUT2D eigenvalue weighted by Crippen LogP contribution is -2.25. The molecule has 1 aliphatic rings. The zero-order valence-electron chi connectivity index (χ0n) is 14.4. The fourth-order valence-electron chi connectivity index (χ4n) is 2.52. The van der Waals surface area contributed by atoms with Crippen LogP contribution >= 0.6 is 0 Å². The maximum Gasteiger partial charge on any atom is 0.176 e. The van der Waals surface area contributed by atoms with Crippen LogP contribution in [0, 0.1) is 11.8 Å². The lowest BCUT2D eigenvalue weighted by Gasteiger charge is -2.22. The Morgan fingerprint density at radius 2 is 1.59 bits per heavy atom. The Hall–Kier alpha value is -1.19. The summed E-state index contributed by atoms with van der Waals surface area (Å²) in [4.78, 5) is 11.4. The van der Waals surface area contributed by atoms with Gasteiger partial charge >= 0.3 is 0 Å². The number of ketones is 1. The Balaban J connectivity index is 2.07. The number of hydrogen-bond donors (Lipinski definition) is 0. The van der Waals surface area contributed by atoms with E-state index in [-0.39, 0.29) is 11.7 Å². The molecule has 2 rings (SSSR count). The molecule has 1 aromatic rings. The molecule has 1 atom stereocenters. The van der Waals surface area contributed by atoms with Crippen molar-refractivity contribution in [1.29, 1.82) is 0 Å². The Labute approximate surface area is 134 Å². The van der Waals surface area contributed by atoms with Gasteiger partial charge in [-0.25, -0.2) is 0 Å². The minimum atomic E-state index is -0.466. The first kappa shape index (κ1) is 17.2. The van der Waals surface area contributed by atoms with Crippen molar-refractivity contribution in [3.05, 3.63) is 35.4 Å². The van der Waals surface area contributed by atoms with Crippen molar-refractivity contribution in [1.82, 2.24) is 0 Å². The molecule has 0 amide bonds. The molecule has 122 valence electrons. The van der Waals surface area contributed by atoms with E-state index in [2.05, 4.69) is 27.7 Å². The van der Waals surface area contributed by atoms with Gasteiger partial charge in [0.1, 0.15) is 0 Å². The topological polar surface area (TPSA) is 35.5 Å². The Bertz CT molecular complexity index is 490. The van der Waals surface area contributed by atoms with E-state index in [4.69, 9.17) is 9.47 Å². The van der Waals surface area contributed by atoms with Crippen LogP contribution in [0.4, 0.5) is 0 Å². The molecular formula is C19H28O3. The van der Waals surface area contributed by atoms with Gasteiger partial charge < -0.3 is 9.47 Å². The molecule has 3 nitrogen and oxygen atoms in total. The number of hydrogen-bond acceptors (Lipinski definition) is 3. The van der Waals surface area contributed by atoms with Crippen molar-refractivity contribution < 1.29 is 14.3 Å². The maximum absolute atomic E-state index is 11.4. The highest BCUT2D eigenvalue weighted by atomic mass is 16.7. The molecule has 0 N–H and O–H groups in total. The van der Waals surface area contributed by atoms with E-state index in [9.17, 15) is 4.79 Å². The Morgan fingerprint density at radius 3 is 2.00 bits per heavy atom.